The molecule has 1 aliphatic rings. The van der Waals surface area contributed by atoms with Crippen LogP contribution in [0, 0.1) is 0 Å². The highest BCUT2D eigenvalue weighted by Crippen LogP contribution is 2.25. The largest absolute Gasteiger partial charge is 0.349 e. The Morgan fingerprint density at radius 1 is 1.08 bits per heavy atom. The molecule has 180 valence electrons. The lowest BCUT2D eigenvalue weighted by atomic mass is 10.1. The van der Waals surface area contributed by atoms with Crippen LogP contribution < -0.4 is 10.6 Å². The summed E-state index contributed by atoms with van der Waals surface area (Å²) in [6.45, 7) is 0.604. The van der Waals surface area contributed by atoms with Gasteiger partial charge in [-0.3, -0.25) is 19.3 Å². The Balaban J connectivity index is 1.31. The van der Waals surface area contributed by atoms with Crippen LogP contribution in [0.4, 0.5) is 5.69 Å². The molecule has 2 aromatic carbocycles. The predicted octanol–water partition coefficient (Wildman–Crippen LogP) is 5.19. The number of hydrogen-bond acceptors (Lipinski definition) is 4. The number of nitrogens with one attached hydrogen (secondary N) is 2. The average molecular weight is 498 g/mol. The predicted molar refractivity (Wildman–Crippen MR) is 141 cm³/mol. The maximum atomic E-state index is 12.7. The second-order valence-electron chi connectivity index (χ2n) is 8.62. The van der Waals surface area contributed by atoms with Crippen LogP contribution in [-0.4, -0.2) is 32.6 Å². The second kappa shape index (κ2) is 10.6. The quantitative estimate of drug-likeness (QED) is 0.328. The van der Waals surface area contributed by atoms with Gasteiger partial charge in [0.15, 0.2) is 0 Å². The van der Waals surface area contributed by atoms with Crippen LogP contribution in [0.1, 0.15) is 34.3 Å². The molecule has 2 heterocycles. The van der Waals surface area contributed by atoms with E-state index in [0.717, 1.165) is 35.2 Å². The van der Waals surface area contributed by atoms with Gasteiger partial charge in [0.2, 0.25) is 5.91 Å². The van der Waals surface area contributed by atoms with Crippen LogP contribution >= 0.6 is 11.6 Å². The Kier molecular flexibility index (Phi) is 6.91. The number of nitrogens with zero attached hydrogens (tertiary/aromatic N) is 3. The van der Waals surface area contributed by atoms with Gasteiger partial charge in [0.25, 0.3) is 5.91 Å². The molecule has 1 fully saturated rings. The van der Waals surface area contributed by atoms with Gasteiger partial charge in [-0.2, -0.15) is 5.10 Å². The molecule has 0 saturated heterocycles. The van der Waals surface area contributed by atoms with Crippen LogP contribution in [-0.2, 0) is 11.3 Å². The standard InChI is InChI=1S/C28H24ClN5O2/c29-25-15-23(11-12-24(25)28(36)32-22-9-10-22)31-26(35)13-8-21-18-34(17-19-5-2-1-3-6-19)33-27(21)20-7-4-14-30-16-20/h1-8,11-16,18,22H,9-10,17H2,(H,31,35)(H,32,36). The van der Waals surface area contributed by atoms with Crippen molar-refractivity contribution in [1.82, 2.24) is 20.1 Å². The minimum atomic E-state index is -0.325. The van der Waals surface area contributed by atoms with E-state index in [4.69, 9.17) is 16.7 Å². The van der Waals surface area contributed by atoms with E-state index < -0.39 is 0 Å². The van der Waals surface area contributed by atoms with E-state index in [2.05, 4.69) is 15.6 Å². The van der Waals surface area contributed by atoms with Crippen molar-refractivity contribution in [2.24, 2.45) is 0 Å². The summed E-state index contributed by atoms with van der Waals surface area (Å²) < 4.78 is 1.85. The molecular weight excluding hydrogens is 474 g/mol. The monoisotopic (exact) mass is 497 g/mol. The highest BCUT2D eigenvalue weighted by molar-refractivity contribution is 6.34. The van der Waals surface area contributed by atoms with Crippen LogP contribution in [0.25, 0.3) is 17.3 Å². The van der Waals surface area contributed by atoms with E-state index in [1.807, 2.05) is 53.3 Å². The summed E-state index contributed by atoms with van der Waals surface area (Å²) in [4.78, 5) is 29.1. The van der Waals surface area contributed by atoms with Gasteiger partial charge in [0.1, 0.15) is 5.69 Å². The summed E-state index contributed by atoms with van der Waals surface area (Å²) in [6, 6.07) is 18.9. The lowest BCUT2D eigenvalue weighted by Crippen LogP contribution is -2.25. The number of benzene rings is 2. The molecule has 0 atom stereocenters. The number of halogens is 1. The molecule has 2 aromatic heterocycles. The number of carbonyl (C=O) groups excluding carboxylic acids is 2. The fraction of sp³-hybridized carbons (Fsp3) is 0.143. The number of hydrogen-bond donors (Lipinski definition) is 2. The first-order valence-electron chi connectivity index (χ1n) is 11.7. The maximum Gasteiger partial charge on any atom is 0.253 e. The van der Waals surface area contributed by atoms with Gasteiger partial charge in [0.05, 0.1) is 17.1 Å². The van der Waals surface area contributed by atoms with Crippen molar-refractivity contribution in [3.05, 3.63) is 107 Å². The minimum Gasteiger partial charge on any atom is -0.349 e. The van der Waals surface area contributed by atoms with E-state index in [9.17, 15) is 9.59 Å². The van der Waals surface area contributed by atoms with E-state index in [1.165, 1.54) is 6.08 Å². The minimum absolute atomic E-state index is 0.198. The van der Waals surface area contributed by atoms with Gasteiger partial charge in [-0.25, -0.2) is 0 Å². The first kappa shape index (κ1) is 23.5. The van der Waals surface area contributed by atoms with Crippen molar-refractivity contribution in [3.63, 3.8) is 0 Å². The van der Waals surface area contributed by atoms with Crippen molar-refractivity contribution >= 4 is 35.2 Å². The summed E-state index contributed by atoms with van der Waals surface area (Å²) in [7, 11) is 0. The highest BCUT2D eigenvalue weighted by Gasteiger charge is 2.24. The fourth-order valence-corrected chi connectivity index (χ4v) is 4.02. The molecule has 4 aromatic rings. The molecule has 7 nitrogen and oxygen atoms in total. The Bertz CT molecular complexity index is 1410. The molecule has 0 spiro atoms. The first-order chi connectivity index (χ1) is 17.5. The van der Waals surface area contributed by atoms with Gasteiger partial charge in [0, 0.05) is 47.5 Å². The van der Waals surface area contributed by atoms with Gasteiger partial charge < -0.3 is 10.6 Å². The average Bonchev–Trinajstić information content (AvgIpc) is 3.61. The Hall–Kier alpha value is -4.23. The van der Waals surface area contributed by atoms with Crippen LogP contribution in [0.3, 0.4) is 0 Å². The molecule has 2 N–H and O–H groups in total. The topological polar surface area (TPSA) is 88.9 Å². The number of pyridine rings is 1. The number of rotatable bonds is 8. The second-order valence-corrected chi connectivity index (χ2v) is 9.03. The lowest BCUT2D eigenvalue weighted by Gasteiger charge is -2.08. The molecule has 8 heteroatoms. The number of carbonyl (C=O) groups is 2. The summed E-state index contributed by atoms with van der Waals surface area (Å²) in [5.41, 5.74) is 4.40. The van der Waals surface area contributed by atoms with Crippen LogP contribution in [0.15, 0.2) is 85.3 Å². The van der Waals surface area contributed by atoms with E-state index in [1.54, 1.807) is 36.7 Å². The van der Waals surface area contributed by atoms with Crippen molar-refractivity contribution in [2.45, 2.75) is 25.4 Å². The zero-order valence-corrected chi connectivity index (χ0v) is 20.2. The van der Waals surface area contributed by atoms with E-state index in [-0.39, 0.29) is 22.9 Å². The Labute approximate surface area is 213 Å². The highest BCUT2D eigenvalue weighted by atomic mass is 35.5. The SMILES string of the molecule is O=C(C=Cc1cn(Cc2ccccc2)nc1-c1cccnc1)Nc1ccc(C(=O)NC2CC2)c(Cl)c1. The third-order valence-corrected chi connectivity index (χ3v) is 6.03. The number of amides is 2. The zero-order chi connectivity index (χ0) is 24.9. The summed E-state index contributed by atoms with van der Waals surface area (Å²) >= 11 is 6.30. The van der Waals surface area contributed by atoms with Crippen molar-refractivity contribution < 1.29 is 9.59 Å². The lowest BCUT2D eigenvalue weighted by molar-refractivity contribution is -0.111. The number of anilines is 1. The van der Waals surface area contributed by atoms with Crippen molar-refractivity contribution in [3.8, 4) is 11.3 Å². The number of aromatic nitrogens is 3. The molecule has 0 bridgehead atoms. The Morgan fingerprint density at radius 3 is 2.64 bits per heavy atom. The van der Waals surface area contributed by atoms with Crippen molar-refractivity contribution in [1.29, 1.82) is 0 Å². The third kappa shape index (κ3) is 5.87. The maximum absolute atomic E-state index is 12.7. The molecule has 1 saturated carbocycles. The summed E-state index contributed by atoms with van der Waals surface area (Å²) in [5.74, 6) is -0.523. The van der Waals surface area contributed by atoms with Gasteiger partial charge in [-0.05, 0) is 54.8 Å². The molecule has 0 radical (unpaired) electrons. The Morgan fingerprint density at radius 2 is 1.92 bits per heavy atom. The van der Waals surface area contributed by atoms with E-state index in [0.29, 0.717) is 17.8 Å². The normalized spacial score (nSPS) is 13.0. The molecule has 1 aliphatic carbocycles. The fourth-order valence-electron chi connectivity index (χ4n) is 3.75. The molecule has 2 amide bonds. The molecule has 0 aliphatic heterocycles. The van der Waals surface area contributed by atoms with Gasteiger partial charge in [-0.15, -0.1) is 0 Å². The summed E-state index contributed by atoms with van der Waals surface area (Å²) in [5, 5.41) is 10.7. The first-order valence-corrected chi connectivity index (χ1v) is 12.0. The summed E-state index contributed by atoms with van der Waals surface area (Å²) in [6.07, 6.45) is 10.5. The zero-order valence-electron chi connectivity index (χ0n) is 19.4. The molecule has 36 heavy (non-hydrogen) atoms. The van der Waals surface area contributed by atoms with Crippen LogP contribution in [0.5, 0.6) is 0 Å². The third-order valence-electron chi connectivity index (χ3n) is 5.72. The molecular formula is C28H24ClN5O2. The van der Waals surface area contributed by atoms with Crippen LogP contribution in [0.2, 0.25) is 5.02 Å². The molecule has 5 rings (SSSR count). The van der Waals surface area contributed by atoms with E-state index >= 15 is 0 Å². The van der Waals surface area contributed by atoms with Gasteiger partial charge in [-0.1, -0.05) is 41.9 Å². The molecule has 0 unspecified atom stereocenters. The smallest absolute Gasteiger partial charge is 0.253 e. The van der Waals surface area contributed by atoms with Crippen molar-refractivity contribution in [2.75, 3.05) is 5.32 Å². The van der Waals surface area contributed by atoms with Gasteiger partial charge >= 0.3 is 0 Å².